The van der Waals surface area contributed by atoms with Crippen LogP contribution in [0, 0.1) is 5.92 Å². The molecule has 3 aromatic rings. The van der Waals surface area contributed by atoms with Gasteiger partial charge in [-0.25, -0.2) is 0 Å². The number of hydrogen-bond acceptors (Lipinski definition) is 3. The number of halogens is 1. The van der Waals surface area contributed by atoms with Gasteiger partial charge in [-0.3, -0.25) is 20.4 Å². The predicted octanol–water partition coefficient (Wildman–Crippen LogP) is 3.79. The maximum absolute atomic E-state index is 12.5. The summed E-state index contributed by atoms with van der Waals surface area (Å²) in [7, 11) is 0. The number of aryl methyl sites for hydroxylation is 1. The van der Waals surface area contributed by atoms with E-state index in [-0.39, 0.29) is 12.5 Å². The number of H-pyrrole nitrogens is 1. The topological polar surface area (TPSA) is 83.2 Å². The fourth-order valence-corrected chi connectivity index (χ4v) is 3.86. The number of benzene rings is 2. The monoisotopic (exact) mass is 411 g/mol. The summed E-state index contributed by atoms with van der Waals surface area (Å²) in [4.78, 5) is 27.9. The van der Waals surface area contributed by atoms with E-state index >= 15 is 0 Å². The fourth-order valence-electron chi connectivity index (χ4n) is 3.67. The van der Waals surface area contributed by atoms with E-state index in [1.807, 2.05) is 12.1 Å². The van der Waals surface area contributed by atoms with Crippen molar-refractivity contribution < 1.29 is 14.3 Å². The smallest absolute Gasteiger partial charge is 0.276 e. The highest BCUT2D eigenvalue weighted by Gasteiger charge is 2.20. The maximum Gasteiger partial charge on any atom is 0.276 e. The first kappa shape index (κ1) is 19.3. The molecule has 1 aromatic heterocycles. The lowest BCUT2D eigenvalue weighted by Gasteiger charge is -2.18. The Morgan fingerprint density at radius 1 is 1.21 bits per heavy atom. The van der Waals surface area contributed by atoms with Crippen LogP contribution in [0.4, 0.5) is 0 Å². The van der Waals surface area contributed by atoms with Gasteiger partial charge in [0.2, 0.25) is 0 Å². The highest BCUT2D eigenvalue weighted by molar-refractivity contribution is 6.32. The van der Waals surface area contributed by atoms with Crippen molar-refractivity contribution in [1.82, 2.24) is 15.8 Å². The molecule has 29 heavy (non-hydrogen) atoms. The van der Waals surface area contributed by atoms with Gasteiger partial charge in [-0.1, -0.05) is 30.7 Å². The van der Waals surface area contributed by atoms with Gasteiger partial charge in [0.05, 0.1) is 5.02 Å². The van der Waals surface area contributed by atoms with E-state index in [0.29, 0.717) is 22.3 Å². The van der Waals surface area contributed by atoms with Gasteiger partial charge in [0.1, 0.15) is 5.75 Å². The van der Waals surface area contributed by atoms with Gasteiger partial charge in [-0.2, -0.15) is 0 Å². The van der Waals surface area contributed by atoms with Crippen LogP contribution in [0.25, 0.3) is 10.9 Å². The number of hydrazine groups is 1. The Hall–Kier alpha value is -2.99. The Balaban J connectivity index is 1.38. The van der Waals surface area contributed by atoms with Crippen LogP contribution in [0.3, 0.4) is 0 Å². The highest BCUT2D eigenvalue weighted by Crippen LogP contribution is 2.32. The molecule has 2 amide bonds. The summed E-state index contributed by atoms with van der Waals surface area (Å²) in [5.74, 6) is 0.188. The quantitative estimate of drug-likeness (QED) is 0.571. The van der Waals surface area contributed by atoms with Gasteiger partial charge >= 0.3 is 0 Å². The number of fused-ring (bicyclic) bond motifs is 3. The van der Waals surface area contributed by atoms with E-state index in [2.05, 4.69) is 22.8 Å². The molecule has 0 bridgehead atoms. The second-order valence-electron chi connectivity index (χ2n) is 7.41. The summed E-state index contributed by atoms with van der Waals surface area (Å²) < 4.78 is 5.36. The van der Waals surface area contributed by atoms with Crippen LogP contribution >= 0.6 is 11.6 Å². The van der Waals surface area contributed by atoms with Crippen LogP contribution in [0.1, 0.15) is 35.0 Å². The van der Waals surface area contributed by atoms with Crippen molar-refractivity contribution in [2.24, 2.45) is 5.92 Å². The molecule has 0 fully saturated rings. The van der Waals surface area contributed by atoms with Crippen molar-refractivity contribution in [3.8, 4) is 5.75 Å². The number of ether oxygens (including phenoxy) is 1. The van der Waals surface area contributed by atoms with Gasteiger partial charge in [0.15, 0.2) is 6.61 Å². The van der Waals surface area contributed by atoms with Gasteiger partial charge in [-0.05, 0) is 61.1 Å². The molecule has 0 saturated heterocycles. The number of para-hydroxylation sites is 1. The van der Waals surface area contributed by atoms with Gasteiger partial charge < -0.3 is 9.72 Å². The lowest BCUT2D eigenvalue weighted by Crippen LogP contribution is -2.43. The molecule has 0 unspecified atom stereocenters. The number of carbonyl (C=O) groups is 2. The molecule has 1 aliphatic carbocycles. The molecule has 4 rings (SSSR count). The molecule has 0 radical (unpaired) electrons. The summed E-state index contributed by atoms with van der Waals surface area (Å²) in [6.45, 7) is 1.99. The first-order valence-corrected chi connectivity index (χ1v) is 9.99. The van der Waals surface area contributed by atoms with Crippen molar-refractivity contribution in [3.63, 3.8) is 0 Å². The van der Waals surface area contributed by atoms with E-state index in [1.165, 1.54) is 17.7 Å². The van der Waals surface area contributed by atoms with Crippen LogP contribution in [-0.2, 0) is 17.6 Å². The summed E-state index contributed by atoms with van der Waals surface area (Å²) in [6, 6.07) is 12.4. The Kier molecular flexibility index (Phi) is 5.45. The van der Waals surface area contributed by atoms with Crippen molar-refractivity contribution in [2.45, 2.75) is 26.2 Å². The summed E-state index contributed by atoms with van der Waals surface area (Å²) in [5.41, 5.74) is 8.89. The molecule has 1 atom stereocenters. The van der Waals surface area contributed by atoms with Crippen molar-refractivity contribution in [3.05, 3.63) is 64.3 Å². The number of aromatic nitrogens is 1. The van der Waals surface area contributed by atoms with Crippen molar-refractivity contribution in [1.29, 1.82) is 0 Å². The minimum absolute atomic E-state index is 0.258. The molecule has 150 valence electrons. The fraction of sp³-hybridized carbons (Fsp3) is 0.273. The molecule has 0 spiro atoms. The largest absolute Gasteiger partial charge is 0.482 e. The highest BCUT2D eigenvalue weighted by atomic mass is 35.5. The third-order valence-electron chi connectivity index (χ3n) is 5.21. The minimum Gasteiger partial charge on any atom is -0.482 e. The van der Waals surface area contributed by atoms with Crippen molar-refractivity contribution >= 4 is 34.3 Å². The molecule has 0 saturated carbocycles. The van der Waals surface area contributed by atoms with Gasteiger partial charge in [0, 0.05) is 22.2 Å². The first-order chi connectivity index (χ1) is 14.0. The lowest BCUT2D eigenvalue weighted by molar-refractivity contribution is -0.123. The zero-order chi connectivity index (χ0) is 20.4. The molecular weight excluding hydrogens is 390 g/mol. The van der Waals surface area contributed by atoms with Crippen LogP contribution in [0.15, 0.2) is 42.5 Å². The molecule has 0 aliphatic heterocycles. The Labute approximate surface area is 173 Å². The molecule has 2 aromatic carbocycles. The van der Waals surface area contributed by atoms with Crippen LogP contribution in [-0.4, -0.2) is 23.4 Å². The number of carbonyl (C=O) groups excluding carboxylic acids is 2. The Bertz CT molecular complexity index is 1080. The number of amides is 2. The normalized spacial score (nSPS) is 15.6. The molecule has 6 nitrogen and oxygen atoms in total. The minimum atomic E-state index is -0.479. The van der Waals surface area contributed by atoms with E-state index < -0.39 is 5.91 Å². The molecule has 3 N–H and O–H groups in total. The Morgan fingerprint density at radius 3 is 2.86 bits per heavy atom. The second-order valence-corrected chi connectivity index (χ2v) is 7.82. The Morgan fingerprint density at radius 2 is 2.03 bits per heavy atom. The standard InChI is InChI=1S/C22H22ClN3O3/c1-13-6-8-18-15(10-13)16-11-14(7-9-19(16)24-18)22(28)26-25-21(27)12-29-20-5-3-2-4-17(20)23/h2-5,7,9,11,13,24H,6,8,10,12H2,1H3,(H,25,27)(H,26,28)/t13-/m1/s1. The average Bonchev–Trinajstić information content (AvgIpc) is 3.08. The van der Waals surface area contributed by atoms with E-state index in [4.69, 9.17) is 16.3 Å². The summed E-state index contributed by atoms with van der Waals surface area (Å²) in [6.07, 6.45) is 3.22. The van der Waals surface area contributed by atoms with Crippen LogP contribution in [0.5, 0.6) is 5.75 Å². The van der Waals surface area contributed by atoms with Crippen molar-refractivity contribution in [2.75, 3.05) is 6.61 Å². The average molecular weight is 412 g/mol. The van der Waals surface area contributed by atoms with Crippen LogP contribution < -0.4 is 15.6 Å². The molecule has 1 heterocycles. The van der Waals surface area contributed by atoms with Crippen LogP contribution in [0.2, 0.25) is 5.02 Å². The number of rotatable bonds is 4. The number of aromatic amines is 1. The molecule has 1 aliphatic rings. The van der Waals surface area contributed by atoms with E-state index in [9.17, 15) is 9.59 Å². The predicted molar refractivity (Wildman–Crippen MR) is 112 cm³/mol. The summed E-state index contributed by atoms with van der Waals surface area (Å²) in [5, 5.41) is 1.49. The SMILES string of the molecule is C[C@@H]1CCc2[nH]c3ccc(C(=O)NNC(=O)COc4ccccc4Cl)cc3c2C1. The lowest BCUT2D eigenvalue weighted by atomic mass is 9.87. The third-order valence-corrected chi connectivity index (χ3v) is 5.52. The van der Waals surface area contributed by atoms with E-state index in [0.717, 1.165) is 23.7 Å². The molecule has 7 heteroatoms. The maximum atomic E-state index is 12.5. The number of nitrogens with one attached hydrogen (secondary N) is 3. The number of hydrogen-bond donors (Lipinski definition) is 3. The summed E-state index contributed by atoms with van der Waals surface area (Å²) >= 11 is 5.98. The second kappa shape index (κ2) is 8.17. The van der Waals surface area contributed by atoms with Gasteiger partial charge in [-0.15, -0.1) is 0 Å². The third kappa shape index (κ3) is 4.22. The molecular formula is C22H22ClN3O3. The van der Waals surface area contributed by atoms with E-state index in [1.54, 1.807) is 30.3 Å². The first-order valence-electron chi connectivity index (χ1n) is 9.61. The zero-order valence-electron chi connectivity index (χ0n) is 16.0. The zero-order valence-corrected chi connectivity index (χ0v) is 16.8. The van der Waals surface area contributed by atoms with Gasteiger partial charge in [0.25, 0.3) is 11.8 Å².